The summed E-state index contributed by atoms with van der Waals surface area (Å²) in [6.45, 7) is 1.62. The summed E-state index contributed by atoms with van der Waals surface area (Å²) in [5.41, 5.74) is 1.47. The van der Waals surface area contributed by atoms with Gasteiger partial charge in [-0.3, -0.25) is 14.9 Å². The molecule has 0 bridgehead atoms. The van der Waals surface area contributed by atoms with Crippen LogP contribution in [0.4, 0.5) is 17.1 Å². The maximum absolute atomic E-state index is 12.4. The van der Waals surface area contributed by atoms with Crippen LogP contribution in [0.5, 0.6) is 0 Å². The predicted octanol–water partition coefficient (Wildman–Crippen LogP) is 4.60. The van der Waals surface area contributed by atoms with Crippen LogP contribution >= 0.6 is 15.9 Å². The van der Waals surface area contributed by atoms with E-state index in [1.807, 2.05) is 17.0 Å². The minimum absolute atomic E-state index is 0.0228. The molecule has 1 saturated heterocycles. The number of nitrogens with one attached hydrogen (secondary N) is 1. The van der Waals surface area contributed by atoms with Crippen LogP contribution in [0, 0.1) is 10.1 Å². The third-order valence-electron chi connectivity index (χ3n) is 4.23. The first-order valence-electron chi connectivity index (χ1n) is 8.15. The second-order valence-corrected chi connectivity index (χ2v) is 6.89. The van der Waals surface area contributed by atoms with E-state index >= 15 is 0 Å². The van der Waals surface area contributed by atoms with E-state index in [1.54, 1.807) is 24.3 Å². The van der Waals surface area contributed by atoms with Crippen molar-refractivity contribution in [1.29, 1.82) is 0 Å². The lowest BCUT2D eigenvalue weighted by molar-refractivity contribution is -0.384. The zero-order chi connectivity index (χ0) is 17.8. The molecule has 0 radical (unpaired) electrons. The van der Waals surface area contributed by atoms with Gasteiger partial charge >= 0.3 is 0 Å². The number of nitro benzene ring substituents is 1. The van der Waals surface area contributed by atoms with Gasteiger partial charge in [0.15, 0.2) is 0 Å². The average molecular weight is 404 g/mol. The smallest absolute Gasteiger partial charge is 0.293 e. The van der Waals surface area contributed by atoms with E-state index < -0.39 is 4.92 Å². The molecule has 25 heavy (non-hydrogen) atoms. The normalized spacial score (nSPS) is 14.2. The van der Waals surface area contributed by atoms with Crippen molar-refractivity contribution in [1.82, 2.24) is 0 Å². The summed E-state index contributed by atoms with van der Waals surface area (Å²) in [4.78, 5) is 25.5. The molecular formula is C18H18BrN3O3. The van der Waals surface area contributed by atoms with Crippen molar-refractivity contribution in [2.24, 2.45) is 0 Å². The Balaban J connectivity index is 1.84. The van der Waals surface area contributed by atoms with Crippen molar-refractivity contribution in [3.05, 3.63) is 62.6 Å². The highest BCUT2D eigenvalue weighted by molar-refractivity contribution is 9.10. The summed E-state index contributed by atoms with van der Waals surface area (Å²) in [6.07, 6.45) is 3.21. The van der Waals surface area contributed by atoms with Crippen LogP contribution in [0.3, 0.4) is 0 Å². The molecule has 0 aliphatic carbocycles. The van der Waals surface area contributed by atoms with Gasteiger partial charge in [-0.1, -0.05) is 15.9 Å². The standard InChI is InChI=1S/C18H18BrN3O3/c19-14-5-7-15(8-6-14)20-18(23)13-4-9-16(17(12-13)22(24)25)21-10-2-1-3-11-21/h4-9,12H,1-3,10-11H2,(H,20,23). The number of nitro groups is 1. The highest BCUT2D eigenvalue weighted by Crippen LogP contribution is 2.31. The molecule has 1 aliphatic heterocycles. The van der Waals surface area contributed by atoms with Crippen LogP contribution in [-0.2, 0) is 0 Å². The number of hydrogen-bond acceptors (Lipinski definition) is 4. The van der Waals surface area contributed by atoms with Crippen LogP contribution < -0.4 is 10.2 Å². The number of hydrogen-bond donors (Lipinski definition) is 1. The van der Waals surface area contributed by atoms with Crippen LogP contribution in [0.1, 0.15) is 29.6 Å². The van der Waals surface area contributed by atoms with E-state index in [2.05, 4.69) is 21.2 Å². The molecule has 2 aromatic carbocycles. The van der Waals surface area contributed by atoms with Gasteiger partial charge in [0.05, 0.1) is 4.92 Å². The van der Waals surface area contributed by atoms with Gasteiger partial charge in [0.2, 0.25) is 0 Å². The molecule has 0 unspecified atom stereocenters. The van der Waals surface area contributed by atoms with Gasteiger partial charge in [-0.05, 0) is 55.7 Å². The van der Waals surface area contributed by atoms with Gasteiger partial charge in [0.1, 0.15) is 5.69 Å². The Morgan fingerprint density at radius 3 is 2.40 bits per heavy atom. The number of anilines is 2. The quantitative estimate of drug-likeness (QED) is 0.597. The molecule has 1 fully saturated rings. The number of benzene rings is 2. The number of nitrogens with zero attached hydrogens (tertiary/aromatic N) is 2. The third-order valence-corrected chi connectivity index (χ3v) is 4.76. The van der Waals surface area contributed by atoms with Gasteiger partial charge in [-0.15, -0.1) is 0 Å². The Labute approximate surface area is 154 Å². The molecular weight excluding hydrogens is 386 g/mol. The molecule has 0 atom stereocenters. The number of carbonyl (C=O) groups excluding carboxylic acids is 1. The van der Waals surface area contributed by atoms with Gasteiger partial charge in [0.25, 0.3) is 11.6 Å². The van der Waals surface area contributed by atoms with Gasteiger partial charge in [-0.2, -0.15) is 0 Å². The molecule has 6 nitrogen and oxygen atoms in total. The fourth-order valence-electron chi connectivity index (χ4n) is 2.95. The Bertz CT molecular complexity index is 787. The Morgan fingerprint density at radius 1 is 1.08 bits per heavy atom. The molecule has 7 heteroatoms. The summed E-state index contributed by atoms with van der Waals surface area (Å²) in [5, 5.41) is 14.2. The lowest BCUT2D eigenvalue weighted by Crippen LogP contribution is -2.30. The van der Waals surface area contributed by atoms with E-state index in [0.717, 1.165) is 36.8 Å². The molecule has 1 heterocycles. The van der Waals surface area contributed by atoms with Crippen molar-refractivity contribution in [2.75, 3.05) is 23.3 Å². The predicted molar refractivity (Wildman–Crippen MR) is 101 cm³/mol. The number of halogens is 1. The first-order chi connectivity index (χ1) is 12.0. The Kier molecular flexibility index (Phi) is 5.33. The number of piperidine rings is 1. The van der Waals surface area contributed by atoms with Crippen LogP contribution in [0.25, 0.3) is 0 Å². The van der Waals surface area contributed by atoms with Gasteiger partial charge in [-0.25, -0.2) is 0 Å². The molecule has 0 saturated carbocycles. The lowest BCUT2D eigenvalue weighted by Gasteiger charge is -2.28. The summed E-state index contributed by atoms with van der Waals surface area (Å²) in [6, 6.07) is 11.8. The van der Waals surface area contributed by atoms with Crippen molar-refractivity contribution in [3.8, 4) is 0 Å². The molecule has 2 aromatic rings. The molecule has 0 spiro atoms. The Morgan fingerprint density at radius 2 is 1.76 bits per heavy atom. The van der Waals surface area contributed by atoms with Crippen molar-refractivity contribution >= 4 is 38.9 Å². The minimum Gasteiger partial charge on any atom is -0.366 e. The molecule has 1 amide bonds. The molecule has 0 aromatic heterocycles. The summed E-state index contributed by atoms with van der Waals surface area (Å²) in [7, 11) is 0. The van der Waals surface area contributed by atoms with Crippen molar-refractivity contribution < 1.29 is 9.72 Å². The van der Waals surface area contributed by atoms with Crippen molar-refractivity contribution in [3.63, 3.8) is 0 Å². The van der Waals surface area contributed by atoms with E-state index in [9.17, 15) is 14.9 Å². The SMILES string of the molecule is O=C(Nc1ccc(Br)cc1)c1ccc(N2CCCCC2)c([N+](=O)[O-])c1. The molecule has 130 valence electrons. The van der Waals surface area contributed by atoms with E-state index in [-0.39, 0.29) is 17.2 Å². The maximum Gasteiger partial charge on any atom is 0.293 e. The third kappa shape index (κ3) is 4.17. The fourth-order valence-corrected chi connectivity index (χ4v) is 3.21. The maximum atomic E-state index is 12.4. The monoisotopic (exact) mass is 403 g/mol. The molecule has 1 aliphatic rings. The van der Waals surface area contributed by atoms with E-state index in [4.69, 9.17) is 0 Å². The highest BCUT2D eigenvalue weighted by atomic mass is 79.9. The molecule has 3 rings (SSSR count). The summed E-state index contributed by atoms with van der Waals surface area (Å²) < 4.78 is 0.909. The fraction of sp³-hybridized carbons (Fsp3) is 0.278. The van der Waals surface area contributed by atoms with Crippen molar-refractivity contribution in [2.45, 2.75) is 19.3 Å². The largest absolute Gasteiger partial charge is 0.366 e. The lowest BCUT2D eigenvalue weighted by atomic mass is 10.1. The highest BCUT2D eigenvalue weighted by Gasteiger charge is 2.23. The van der Waals surface area contributed by atoms with Crippen LogP contribution in [-0.4, -0.2) is 23.9 Å². The first-order valence-corrected chi connectivity index (χ1v) is 8.94. The van der Waals surface area contributed by atoms with E-state index in [0.29, 0.717) is 11.4 Å². The van der Waals surface area contributed by atoms with Gasteiger partial charge in [0, 0.05) is 34.9 Å². The number of rotatable bonds is 4. The average Bonchev–Trinajstić information content (AvgIpc) is 2.63. The first kappa shape index (κ1) is 17.4. The summed E-state index contributed by atoms with van der Waals surface area (Å²) >= 11 is 3.34. The second kappa shape index (κ2) is 7.65. The zero-order valence-corrected chi connectivity index (χ0v) is 15.2. The Hall–Kier alpha value is -2.41. The second-order valence-electron chi connectivity index (χ2n) is 5.97. The van der Waals surface area contributed by atoms with Crippen LogP contribution in [0.2, 0.25) is 0 Å². The summed E-state index contributed by atoms with van der Waals surface area (Å²) in [5.74, 6) is -0.365. The zero-order valence-electron chi connectivity index (χ0n) is 13.6. The topological polar surface area (TPSA) is 75.5 Å². The number of amides is 1. The van der Waals surface area contributed by atoms with Crippen LogP contribution in [0.15, 0.2) is 46.9 Å². The number of carbonyl (C=O) groups is 1. The van der Waals surface area contributed by atoms with Gasteiger partial charge < -0.3 is 10.2 Å². The molecule has 1 N–H and O–H groups in total. The van der Waals surface area contributed by atoms with E-state index in [1.165, 1.54) is 6.07 Å². The minimum atomic E-state index is -0.416.